The molecule has 1 heterocycles. The molecule has 2 atom stereocenters. The summed E-state index contributed by atoms with van der Waals surface area (Å²) in [5.74, 6) is 0.276. The summed E-state index contributed by atoms with van der Waals surface area (Å²) >= 11 is 3.40. The summed E-state index contributed by atoms with van der Waals surface area (Å²) in [4.78, 5) is 13.8. The van der Waals surface area contributed by atoms with Crippen LogP contribution in [0.25, 0.3) is 0 Å². The summed E-state index contributed by atoms with van der Waals surface area (Å²) in [6.07, 6.45) is 2.90. The normalized spacial score (nSPS) is 26.7. The van der Waals surface area contributed by atoms with E-state index >= 15 is 0 Å². The molecule has 3 nitrogen and oxygen atoms in total. The molecule has 0 aromatic heterocycles. The molecule has 1 fully saturated rings. The third-order valence-electron chi connectivity index (χ3n) is 2.74. The minimum atomic E-state index is 0.159. The Balaban J connectivity index is 2.46. The summed E-state index contributed by atoms with van der Waals surface area (Å²) in [5.41, 5.74) is 0. The van der Waals surface area contributed by atoms with E-state index < -0.39 is 0 Å². The largest absolute Gasteiger partial charge is 0.373 e. The van der Waals surface area contributed by atoms with Crippen LogP contribution in [0, 0.1) is 0 Å². The average molecular weight is 278 g/mol. The van der Waals surface area contributed by atoms with Crippen molar-refractivity contribution in [2.24, 2.45) is 0 Å². The Kier molecular flexibility index (Phi) is 5.61. The Hall–Kier alpha value is -0.0900. The molecule has 15 heavy (non-hydrogen) atoms. The summed E-state index contributed by atoms with van der Waals surface area (Å²) in [5, 5.41) is 0.803. The van der Waals surface area contributed by atoms with Gasteiger partial charge in [-0.25, -0.2) is 0 Å². The van der Waals surface area contributed by atoms with E-state index in [0.29, 0.717) is 13.0 Å². The number of amides is 1. The first kappa shape index (κ1) is 13.0. The fraction of sp³-hybridized carbons (Fsp3) is 0.909. The molecule has 0 N–H and O–H groups in total. The second kappa shape index (κ2) is 6.48. The van der Waals surface area contributed by atoms with Crippen LogP contribution in [-0.4, -0.2) is 41.4 Å². The van der Waals surface area contributed by atoms with Crippen LogP contribution in [0.4, 0.5) is 0 Å². The molecule has 1 rings (SSSR count). The zero-order valence-electron chi connectivity index (χ0n) is 9.54. The summed E-state index contributed by atoms with van der Waals surface area (Å²) in [6.45, 7) is 5.55. The molecule has 1 aliphatic rings. The number of unbranched alkanes of at least 4 members (excludes halogenated alkanes) is 1. The van der Waals surface area contributed by atoms with Crippen LogP contribution < -0.4 is 0 Å². The zero-order valence-corrected chi connectivity index (χ0v) is 11.1. The van der Waals surface area contributed by atoms with E-state index in [2.05, 4.69) is 22.9 Å². The van der Waals surface area contributed by atoms with Gasteiger partial charge >= 0.3 is 0 Å². The highest BCUT2D eigenvalue weighted by molar-refractivity contribution is 9.09. The first-order valence-electron chi connectivity index (χ1n) is 5.66. The lowest BCUT2D eigenvalue weighted by Gasteiger charge is -2.37. The third-order valence-corrected chi connectivity index (χ3v) is 3.46. The second-order valence-corrected chi connectivity index (χ2v) is 4.76. The number of carbonyl (C=O) groups excluding carboxylic acids is 1. The third kappa shape index (κ3) is 3.76. The van der Waals surface area contributed by atoms with Gasteiger partial charge in [-0.2, -0.15) is 0 Å². The van der Waals surface area contributed by atoms with Crippen molar-refractivity contribution in [3.63, 3.8) is 0 Å². The molecular weight excluding hydrogens is 258 g/mol. The van der Waals surface area contributed by atoms with Crippen LogP contribution in [0.3, 0.4) is 0 Å². The minimum absolute atomic E-state index is 0.159. The van der Waals surface area contributed by atoms with Gasteiger partial charge in [-0.05, 0) is 13.3 Å². The number of hydrogen-bond acceptors (Lipinski definition) is 2. The fourth-order valence-corrected chi connectivity index (χ4v) is 2.12. The van der Waals surface area contributed by atoms with E-state index in [1.165, 1.54) is 0 Å². The van der Waals surface area contributed by atoms with E-state index in [-0.39, 0.29) is 18.1 Å². The number of morpholine rings is 1. The average Bonchev–Trinajstić information content (AvgIpc) is 2.26. The minimum Gasteiger partial charge on any atom is -0.373 e. The van der Waals surface area contributed by atoms with Crippen molar-refractivity contribution in [2.45, 2.75) is 45.3 Å². The van der Waals surface area contributed by atoms with E-state index in [0.717, 1.165) is 24.7 Å². The van der Waals surface area contributed by atoms with Crippen LogP contribution in [0.5, 0.6) is 0 Å². The Morgan fingerprint density at radius 1 is 1.60 bits per heavy atom. The van der Waals surface area contributed by atoms with E-state index in [1.807, 2.05) is 11.8 Å². The number of carbonyl (C=O) groups is 1. The van der Waals surface area contributed by atoms with Crippen molar-refractivity contribution in [3.05, 3.63) is 0 Å². The number of rotatable bonds is 4. The van der Waals surface area contributed by atoms with Gasteiger partial charge in [-0.15, -0.1) is 0 Å². The zero-order chi connectivity index (χ0) is 11.3. The summed E-state index contributed by atoms with van der Waals surface area (Å²) in [6, 6.07) is 0.227. The van der Waals surface area contributed by atoms with Crippen LogP contribution in [0.1, 0.15) is 33.1 Å². The molecule has 1 amide bonds. The molecular formula is C11H20BrNO2. The predicted molar refractivity (Wildman–Crippen MR) is 64.2 cm³/mol. The van der Waals surface area contributed by atoms with Gasteiger partial charge in [0.1, 0.15) is 0 Å². The smallest absolute Gasteiger partial charge is 0.222 e. The number of hydrogen-bond donors (Lipinski definition) is 0. The molecule has 2 unspecified atom stereocenters. The fourth-order valence-electron chi connectivity index (χ4n) is 1.73. The Labute approximate surface area is 100 Å². The molecule has 4 heteroatoms. The second-order valence-electron chi connectivity index (χ2n) is 4.11. The maximum atomic E-state index is 11.9. The van der Waals surface area contributed by atoms with Gasteiger partial charge in [-0.3, -0.25) is 4.79 Å². The lowest BCUT2D eigenvalue weighted by atomic mass is 10.1. The van der Waals surface area contributed by atoms with Crippen molar-refractivity contribution >= 4 is 21.8 Å². The molecule has 0 radical (unpaired) electrons. The van der Waals surface area contributed by atoms with Gasteiger partial charge in [-0.1, -0.05) is 29.3 Å². The lowest BCUT2D eigenvalue weighted by molar-refractivity contribution is -0.143. The maximum Gasteiger partial charge on any atom is 0.222 e. The monoisotopic (exact) mass is 277 g/mol. The van der Waals surface area contributed by atoms with Gasteiger partial charge < -0.3 is 9.64 Å². The van der Waals surface area contributed by atoms with Crippen LogP contribution in [0.15, 0.2) is 0 Å². The highest BCUT2D eigenvalue weighted by Gasteiger charge is 2.28. The van der Waals surface area contributed by atoms with Gasteiger partial charge in [0, 0.05) is 18.3 Å². The highest BCUT2D eigenvalue weighted by atomic mass is 79.9. The molecule has 0 aromatic carbocycles. The molecule has 0 saturated carbocycles. The van der Waals surface area contributed by atoms with Crippen LogP contribution in [-0.2, 0) is 9.53 Å². The number of ether oxygens (including phenoxy) is 1. The SMILES string of the molecule is CCCCC(=O)N1CC(CBr)OCC1C. The molecule has 0 bridgehead atoms. The predicted octanol–water partition coefficient (Wildman–Crippen LogP) is 2.19. The van der Waals surface area contributed by atoms with Crippen LogP contribution >= 0.6 is 15.9 Å². The van der Waals surface area contributed by atoms with E-state index in [9.17, 15) is 4.79 Å². The van der Waals surface area contributed by atoms with Gasteiger partial charge in [0.2, 0.25) is 5.91 Å². The molecule has 0 aliphatic carbocycles. The topological polar surface area (TPSA) is 29.5 Å². The Morgan fingerprint density at radius 2 is 2.33 bits per heavy atom. The maximum absolute atomic E-state index is 11.9. The first-order valence-corrected chi connectivity index (χ1v) is 6.78. The number of halogens is 1. The van der Waals surface area contributed by atoms with Crippen molar-refractivity contribution in [1.29, 1.82) is 0 Å². The van der Waals surface area contributed by atoms with Crippen LogP contribution in [0.2, 0.25) is 0 Å². The summed E-state index contributed by atoms with van der Waals surface area (Å²) in [7, 11) is 0. The number of nitrogens with zero attached hydrogens (tertiary/aromatic N) is 1. The molecule has 0 spiro atoms. The molecule has 88 valence electrons. The molecule has 1 saturated heterocycles. The first-order chi connectivity index (χ1) is 7.19. The Bertz CT molecular complexity index is 211. The van der Waals surface area contributed by atoms with Crippen molar-refractivity contribution < 1.29 is 9.53 Å². The summed E-state index contributed by atoms with van der Waals surface area (Å²) < 4.78 is 5.58. The highest BCUT2D eigenvalue weighted by Crippen LogP contribution is 2.15. The lowest BCUT2D eigenvalue weighted by Crippen LogP contribution is -2.51. The van der Waals surface area contributed by atoms with E-state index in [1.54, 1.807) is 0 Å². The number of alkyl halides is 1. The quantitative estimate of drug-likeness (QED) is 0.738. The van der Waals surface area contributed by atoms with Gasteiger partial charge in [0.05, 0.1) is 18.8 Å². The van der Waals surface area contributed by atoms with Crippen molar-refractivity contribution in [3.8, 4) is 0 Å². The van der Waals surface area contributed by atoms with Gasteiger partial charge in [0.25, 0.3) is 0 Å². The van der Waals surface area contributed by atoms with Gasteiger partial charge in [0.15, 0.2) is 0 Å². The standard InChI is InChI=1S/C11H20BrNO2/c1-3-4-5-11(14)13-7-10(6-12)15-8-9(13)2/h9-10H,3-8H2,1-2H3. The van der Waals surface area contributed by atoms with E-state index in [4.69, 9.17) is 4.74 Å². The van der Waals surface area contributed by atoms with Crippen molar-refractivity contribution in [2.75, 3.05) is 18.5 Å². The molecule has 0 aromatic rings. The molecule has 1 aliphatic heterocycles. The Morgan fingerprint density at radius 3 is 2.93 bits per heavy atom. The van der Waals surface area contributed by atoms with Crippen molar-refractivity contribution in [1.82, 2.24) is 4.90 Å².